The number of hydrogen-bond donors (Lipinski definition) is 2. The molecule has 0 aliphatic rings. The Labute approximate surface area is 124 Å². The van der Waals surface area contributed by atoms with E-state index >= 15 is 0 Å². The first-order chi connectivity index (χ1) is 10.2. The van der Waals surface area contributed by atoms with Crippen molar-refractivity contribution in [3.8, 4) is 0 Å². The monoisotopic (exact) mass is 286 g/mol. The second kappa shape index (κ2) is 7.55. The number of carbonyl (C=O) groups is 1. The molecule has 21 heavy (non-hydrogen) atoms. The van der Waals surface area contributed by atoms with E-state index in [0.29, 0.717) is 31.5 Å². The Balaban J connectivity index is 1.91. The summed E-state index contributed by atoms with van der Waals surface area (Å²) in [5.41, 5.74) is 8.17. The third-order valence-electron chi connectivity index (χ3n) is 3.29. The summed E-state index contributed by atoms with van der Waals surface area (Å²) in [4.78, 5) is 12.2. The highest BCUT2D eigenvalue weighted by molar-refractivity contribution is 5.95. The summed E-state index contributed by atoms with van der Waals surface area (Å²) < 4.78 is 12.8. The van der Waals surface area contributed by atoms with Crippen molar-refractivity contribution in [1.29, 1.82) is 0 Å². The number of amides is 1. The third-order valence-corrected chi connectivity index (χ3v) is 3.29. The number of halogens is 1. The molecule has 0 heterocycles. The maximum absolute atomic E-state index is 12.8. The lowest BCUT2D eigenvalue weighted by atomic mass is 10.0. The molecule has 3 nitrogen and oxygen atoms in total. The van der Waals surface area contributed by atoms with E-state index in [-0.39, 0.29) is 11.7 Å². The Hall–Kier alpha value is -2.20. The third kappa shape index (κ3) is 4.39. The maximum atomic E-state index is 12.8. The van der Waals surface area contributed by atoms with Crippen molar-refractivity contribution in [1.82, 2.24) is 5.32 Å². The Kier molecular flexibility index (Phi) is 5.46. The van der Waals surface area contributed by atoms with Crippen LogP contribution in [-0.2, 0) is 12.8 Å². The Morgan fingerprint density at radius 3 is 2.48 bits per heavy atom. The molecule has 0 saturated heterocycles. The Morgan fingerprint density at radius 1 is 1.05 bits per heavy atom. The van der Waals surface area contributed by atoms with Crippen LogP contribution in [-0.4, -0.2) is 19.0 Å². The molecule has 2 aromatic carbocycles. The van der Waals surface area contributed by atoms with Crippen molar-refractivity contribution in [3.05, 3.63) is 71.0 Å². The average Bonchev–Trinajstić information content (AvgIpc) is 2.50. The summed E-state index contributed by atoms with van der Waals surface area (Å²) in [6.07, 6.45) is 1.35. The van der Waals surface area contributed by atoms with Gasteiger partial charge in [0, 0.05) is 12.1 Å². The summed E-state index contributed by atoms with van der Waals surface area (Å²) in [7, 11) is 0. The SMILES string of the molecule is NCCc1ccccc1C(=O)NCCc1ccc(F)cc1. The van der Waals surface area contributed by atoms with Crippen LogP contribution in [0, 0.1) is 5.82 Å². The van der Waals surface area contributed by atoms with E-state index in [1.807, 2.05) is 18.2 Å². The smallest absolute Gasteiger partial charge is 0.251 e. The molecule has 0 atom stereocenters. The van der Waals surface area contributed by atoms with Crippen molar-refractivity contribution < 1.29 is 9.18 Å². The van der Waals surface area contributed by atoms with Gasteiger partial charge in [-0.2, -0.15) is 0 Å². The fourth-order valence-electron chi connectivity index (χ4n) is 2.18. The molecule has 0 radical (unpaired) electrons. The number of rotatable bonds is 6. The van der Waals surface area contributed by atoms with Crippen LogP contribution in [0.15, 0.2) is 48.5 Å². The lowest BCUT2D eigenvalue weighted by molar-refractivity contribution is 0.0953. The number of hydrogen-bond acceptors (Lipinski definition) is 2. The van der Waals surface area contributed by atoms with Crippen molar-refractivity contribution in [2.75, 3.05) is 13.1 Å². The van der Waals surface area contributed by atoms with Gasteiger partial charge in [0.15, 0.2) is 0 Å². The fraction of sp³-hybridized carbons (Fsp3) is 0.235. The number of nitrogens with two attached hydrogens (primary N) is 1. The largest absolute Gasteiger partial charge is 0.352 e. The van der Waals surface area contributed by atoms with Crippen LogP contribution in [0.2, 0.25) is 0 Å². The second-order valence-electron chi connectivity index (χ2n) is 4.83. The van der Waals surface area contributed by atoms with Gasteiger partial charge in [-0.25, -0.2) is 4.39 Å². The van der Waals surface area contributed by atoms with Crippen LogP contribution in [0.4, 0.5) is 4.39 Å². The molecule has 0 unspecified atom stereocenters. The fourth-order valence-corrected chi connectivity index (χ4v) is 2.18. The summed E-state index contributed by atoms with van der Waals surface area (Å²) in [6, 6.07) is 13.8. The molecule has 3 N–H and O–H groups in total. The summed E-state index contributed by atoms with van der Waals surface area (Å²) in [5.74, 6) is -0.348. The molecule has 2 aromatic rings. The molecule has 0 aliphatic heterocycles. The van der Waals surface area contributed by atoms with Crippen molar-refractivity contribution in [3.63, 3.8) is 0 Å². The number of carbonyl (C=O) groups excluding carboxylic acids is 1. The molecular weight excluding hydrogens is 267 g/mol. The van der Waals surface area contributed by atoms with E-state index < -0.39 is 0 Å². The van der Waals surface area contributed by atoms with E-state index in [4.69, 9.17) is 5.73 Å². The summed E-state index contributed by atoms with van der Waals surface area (Å²) in [5, 5.41) is 2.89. The van der Waals surface area contributed by atoms with Gasteiger partial charge in [-0.15, -0.1) is 0 Å². The zero-order valence-corrected chi connectivity index (χ0v) is 11.8. The number of benzene rings is 2. The normalized spacial score (nSPS) is 10.4. The van der Waals surface area contributed by atoms with Crippen molar-refractivity contribution >= 4 is 5.91 Å². The van der Waals surface area contributed by atoms with Gasteiger partial charge in [-0.05, 0) is 48.7 Å². The van der Waals surface area contributed by atoms with Crippen molar-refractivity contribution in [2.45, 2.75) is 12.8 Å². The average molecular weight is 286 g/mol. The van der Waals surface area contributed by atoms with E-state index in [1.54, 1.807) is 18.2 Å². The number of nitrogens with one attached hydrogen (secondary N) is 1. The van der Waals surface area contributed by atoms with E-state index in [2.05, 4.69) is 5.32 Å². The van der Waals surface area contributed by atoms with Crippen LogP contribution < -0.4 is 11.1 Å². The van der Waals surface area contributed by atoms with Crippen LogP contribution in [0.3, 0.4) is 0 Å². The highest BCUT2D eigenvalue weighted by Crippen LogP contribution is 2.09. The highest BCUT2D eigenvalue weighted by atomic mass is 19.1. The molecule has 0 aromatic heterocycles. The highest BCUT2D eigenvalue weighted by Gasteiger charge is 2.09. The van der Waals surface area contributed by atoms with Gasteiger partial charge in [0.1, 0.15) is 5.82 Å². The van der Waals surface area contributed by atoms with Gasteiger partial charge >= 0.3 is 0 Å². The maximum Gasteiger partial charge on any atom is 0.251 e. The first-order valence-corrected chi connectivity index (χ1v) is 7.01. The Bertz CT molecular complexity index is 596. The van der Waals surface area contributed by atoms with E-state index in [9.17, 15) is 9.18 Å². The first-order valence-electron chi connectivity index (χ1n) is 7.01. The van der Waals surface area contributed by atoms with Gasteiger partial charge in [-0.3, -0.25) is 4.79 Å². The van der Waals surface area contributed by atoms with Gasteiger partial charge in [0.25, 0.3) is 5.91 Å². The predicted octanol–water partition coefficient (Wildman–Crippen LogP) is 2.30. The molecule has 0 bridgehead atoms. The summed E-state index contributed by atoms with van der Waals surface area (Å²) >= 11 is 0. The zero-order valence-electron chi connectivity index (χ0n) is 11.8. The first kappa shape index (κ1) is 15.2. The molecule has 2 rings (SSSR count). The van der Waals surface area contributed by atoms with Crippen LogP contribution in [0.25, 0.3) is 0 Å². The van der Waals surface area contributed by atoms with E-state index in [1.165, 1.54) is 12.1 Å². The minimum Gasteiger partial charge on any atom is -0.352 e. The van der Waals surface area contributed by atoms with Gasteiger partial charge in [0.2, 0.25) is 0 Å². The topological polar surface area (TPSA) is 55.1 Å². The molecule has 0 aliphatic carbocycles. The van der Waals surface area contributed by atoms with Crippen LogP contribution in [0.1, 0.15) is 21.5 Å². The van der Waals surface area contributed by atoms with Crippen LogP contribution >= 0.6 is 0 Å². The lowest BCUT2D eigenvalue weighted by Gasteiger charge is -2.09. The van der Waals surface area contributed by atoms with Gasteiger partial charge < -0.3 is 11.1 Å². The Morgan fingerprint density at radius 2 is 1.76 bits per heavy atom. The quantitative estimate of drug-likeness (QED) is 0.856. The minimum atomic E-state index is -0.251. The predicted molar refractivity (Wildman–Crippen MR) is 81.6 cm³/mol. The standard InChI is InChI=1S/C17H19FN2O/c18-15-7-5-13(6-8-15)10-12-20-17(21)16-4-2-1-3-14(16)9-11-19/h1-8H,9-12,19H2,(H,20,21). The molecule has 110 valence electrons. The van der Waals surface area contributed by atoms with Crippen LogP contribution in [0.5, 0.6) is 0 Å². The molecule has 1 amide bonds. The molecule has 0 spiro atoms. The zero-order chi connectivity index (χ0) is 15.1. The summed E-state index contributed by atoms with van der Waals surface area (Å²) in [6.45, 7) is 1.03. The molecule has 0 fully saturated rings. The molecule has 4 heteroatoms. The lowest BCUT2D eigenvalue weighted by Crippen LogP contribution is -2.27. The minimum absolute atomic E-state index is 0.0961. The second-order valence-corrected chi connectivity index (χ2v) is 4.83. The van der Waals surface area contributed by atoms with Gasteiger partial charge in [-0.1, -0.05) is 30.3 Å². The van der Waals surface area contributed by atoms with Gasteiger partial charge in [0.05, 0.1) is 0 Å². The van der Waals surface area contributed by atoms with Crippen molar-refractivity contribution in [2.24, 2.45) is 5.73 Å². The molecule has 0 saturated carbocycles. The molecular formula is C17H19FN2O. The van der Waals surface area contributed by atoms with E-state index in [0.717, 1.165) is 11.1 Å².